The molecule has 0 spiro atoms. The van der Waals surface area contributed by atoms with Crippen molar-refractivity contribution < 1.29 is 0 Å². The molecular formula is C21H31BS. The van der Waals surface area contributed by atoms with Gasteiger partial charge in [-0.2, -0.15) is 11.3 Å². The molecule has 0 saturated heterocycles. The topological polar surface area (TPSA) is 0 Å². The first-order valence-electron chi connectivity index (χ1n) is 8.69. The zero-order valence-corrected chi connectivity index (χ0v) is 16.8. The third kappa shape index (κ3) is 4.29. The SMILES string of the molecule is CC(C)B(c1cccc(C(C)(C)C)c1)c1cc(C(C)(C)C)cs1. The van der Waals surface area contributed by atoms with Gasteiger partial charge < -0.3 is 0 Å². The van der Waals surface area contributed by atoms with Gasteiger partial charge in [0, 0.05) is 0 Å². The Kier molecular flexibility index (Phi) is 5.16. The first kappa shape index (κ1) is 18.3. The molecule has 0 aliphatic carbocycles. The number of thiophene rings is 1. The molecule has 0 nitrogen and oxygen atoms in total. The molecule has 1 aromatic carbocycles. The number of benzene rings is 1. The smallest absolute Gasteiger partial charge is 0.158 e. The fraction of sp³-hybridized carbons (Fsp3) is 0.524. The van der Waals surface area contributed by atoms with Crippen LogP contribution in [0.2, 0.25) is 5.82 Å². The fourth-order valence-electron chi connectivity index (χ4n) is 2.99. The lowest BCUT2D eigenvalue weighted by molar-refractivity contribution is 0.591. The summed E-state index contributed by atoms with van der Waals surface area (Å²) in [6.07, 6.45) is 0. The van der Waals surface area contributed by atoms with Crippen LogP contribution < -0.4 is 10.2 Å². The Morgan fingerprint density at radius 3 is 1.96 bits per heavy atom. The van der Waals surface area contributed by atoms with E-state index in [9.17, 15) is 0 Å². The van der Waals surface area contributed by atoms with Crippen LogP contribution in [0.15, 0.2) is 35.7 Å². The van der Waals surface area contributed by atoms with Gasteiger partial charge in [-0.05, 0) is 32.1 Å². The summed E-state index contributed by atoms with van der Waals surface area (Å²) in [5.74, 6) is 0.594. The van der Waals surface area contributed by atoms with Crippen LogP contribution in [0.25, 0.3) is 0 Å². The van der Waals surface area contributed by atoms with Crippen molar-refractivity contribution in [3.8, 4) is 0 Å². The van der Waals surface area contributed by atoms with E-state index in [4.69, 9.17) is 0 Å². The standard InChI is InChI=1S/C21H31BS/c1-15(2)22(19-13-17(14-23-19)21(6,7)8)18-11-9-10-16(12-18)20(3,4)5/h9-15H,1-8H3. The maximum absolute atomic E-state index is 2.43. The summed E-state index contributed by atoms with van der Waals surface area (Å²) in [4.78, 5) is 0. The van der Waals surface area contributed by atoms with Crippen molar-refractivity contribution in [1.82, 2.24) is 0 Å². The molecule has 0 aliphatic rings. The normalized spacial score (nSPS) is 12.7. The summed E-state index contributed by atoms with van der Waals surface area (Å²) in [6.45, 7) is 18.9. The molecule has 0 unspecified atom stereocenters. The summed E-state index contributed by atoms with van der Waals surface area (Å²) in [7, 11) is 0. The maximum Gasteiger partial charge on any atom is 0.224 e. The Bertz CT molecular complexity index is 653. The second-order valence-electron chi connectivity index (χ2n) is 9.08. The largest absolute Gasteiger partial charge is 0.224 e. The average Bonchev–Trinajstić information content (AvgIpc) is 2.87. The third-order valence-electron chi connectivity index (χ3n) is 4.57. The first-order valence-corrected chi connectivity index (χ1v) is 9.57. The van der Waals surface area contributed by atoms with E-state index < -0.39 is 0 Å². The zero-order valence-electron chi connectivity index (χ0n) is 16.0. The third-order valence-corrected chi connectivity index (χ3v) is 5.59. The van der Waals surface area contributed by atoms with E-state index >= 15 is 0 Å². The first-order chi connectivity index (χ1) is 10.5. The minimum Gasteiger partial charge on any atom is -0.158 e. The van der Waals surface area contributed by atoms with Crippen LogP contribution in [0.1, 0.15) is 66.5 Å². The van der Waals surface area contributed by atoms with Gasteiger partial charge >= 0.3 is 0 Å². The molecule has 0 atom stereocenters. The monoisotopic (exact) mass is 326 g/mol. The molecule has 0 amide bonds. The van der Waals surface area contributed by atoms with Crippen molar-refractivity contribution in [2.75, 3.05) is 0 Å². The molecule has 1 heterocycles. The van der Waals surface area contributed by atoms with Crippen LogP contribution in [0.5, 0.6) is 0 Å². The summed E-state index contributed by atoms with van der Waals surface area (Å²) >= 11 is 1.92. The van der Waals surface area contributed by atoms with Crippen LogP contribution in [0.3, 0.4) is 0 Å². The Hall–Kier alpha value is -1.02. The predicted octanol–water partition coefficient (Wildman–Crippen LogP) is 5.36. The molecule has 0 saturated carbocycles. The molecule has 0 bridgehead atoms. The van der Waals surface area contributed by atoms with E-state index in [1.807, 2.05) is 11.3 Å². The minimum absolute atomic E-state index is 0.198. The van der Waals surface area contributed by atoms with Gasteiger partial charge in [0.05, 0.1) is 0 Å². The second kappa shape index (κ2) is 6.47. The Morgan fingerprint density at radius 2 is 1.48 bits per heavy atom. The van der Waals surface area contributed by atoms with Gasteiger partial charge in [0.25, 0.3) is 0 Å². The lowest BCUT2D eigenvalue weighted by Crippen LogP contribution is -2.43. The Morgan fingerprint density at radius 1 is 0.870 bits per heavy atom. The molecule has 2 rings (SSSR count). The quantitative estimate of drug-likeness (QED) is 0.666. The summed E-state index contributed by atoms with van der Waals surface area (Å²) < 4.78 is 1.50. The summed E-state index contributed by atoms with van der Waals surface area (Å²) in [6, 6.07) is 11.6. The van der Waals surface area contributed by atoms with Crippen LogP contribution in [-0.2, 0) is 10.8 Å². The van der Waals surface area contributed by atoms with E-state index in [-0.39, 0.29) is 10.8 Å². The highest BCUT2D eigenvalue weighted by Gasteiger charge is 2.27. The van der Waals surface area contributed by atoms with Gasteiger partial charge in [-0.1, -0.05) is 97.0 Å². The summed E-state index contributed by atoms with van der Waals surface area (Å²) in [5.41, 5.74) is 4.76. The lowest BCUT2D eigenvalue weighted by atomic mass is 9.37. The van der Waals surface area contributed by atoms with Gasteiger partial charge in [-0.15, -0.1) is 0 Å². The van der Waals surface area contributed by atoms with Crippen molar-refractivity contribution in [2.45, 2.75) is 72.0 Å². The van der Waals surface area contributed by atoms with Crippen molar-refractivity contribution >= 4 is 28.3 Å². The van der Waals surface area contributed by atoms with Gasteiger partial charge in [0.1, 0.15) is 0 Å². The highest BCUT2D eigenvalue weighted by molar-refractivity contribution is 7.24. The Labute approximate surface area is 147 Å². The van der Waals surface area contributed by atoms with Crippen molar-refractivity contribution in [2.24, 2.45) is 0 Å². The van der Waals surface area contributed by atoms with Gasteiger partial charge in [-0.25, -0.2) is 0 Å². The lowest BCUT2D eigenvalue weighted by Gasteiger charge is -2.23. The van der Waals surface area contributed by atoms with E-state index in [0.29, 0.717) is 12.5 Å². The minimum atomic E-state index is 0.198. The molecule has 1 aromatic heterocycles. The average molecular weight is 326 g/mol. The van der Waals surface area contributed by atoms with E-state index in [2.05, 4.69) is 91.1 Å². The van der Waals surface area contributed by atoms with Crippen LogP contribution >= 0.6 is 11.3 Å². The van der Waals surface area contributed by atoms with Crippen LogP contribution in [-0.4, -0.2) is 6.71 Å². The van der Waals surface area contributed by atoms with E-state index in [1.54, 1.807) is 0 Å². The second-order valence-corrected chi connectivity index (χ2v) is 10.0. The molecule has 0 fully saturated rings. The predicted molar refractivity (Wildman–Crippen MR) is 108 cm³/mol. The van der Waals surface area contributed by atoms with Crippen molar-refractivity contribution in [3.63, 3.8) is 0 Å². The van der Waals surface area contributed by atoms with Gasteiger partial charge in [0.15, 0.2) is 0 Å². The number of hydrogen-bond acceptors (Lipinski definition) is 1. The maximum atomic E-state index is 2.43. The van der Waals surface area contributed by atoms with Crippen LogP contribution in [0.4, 0.5) is 0 Å². The van der Waals surface area contributed by atoms with Gasteiger partial charge in [0.2, 0.25) is 6.71 Å². The highest BCUT2D eigenvalue weighted by Crippen LogP contribution is 2.25. The van der Waals surface area contributed by atoms with Crippen molar-refractivity contribution in [3.05, 3.63) is 46.8 Å². The molecule has 124 valence electrons. The van der Waals surface area contributed by atoms with Crippen molar-refractivity contribution in [1.29, 1.82) is 0 Å². The molecule has 0 N–H and O–H groups in total. The molecule has 2 heteroatoms. The number of rotatable bonds is 3. The molecular weight excluding hydrogens is 295 g/mol. The van der Waals surface area contributed by atoms with Crippen LogP contribution in [0, 0.1) is 0 Å². The Balaban J connectivity index is 2.46. The molecule has 0 radical (unpaired) electrons. The molecule has 23 heavy (non-hydrogen) atoms. The highest BCUT2D eigenvalue weighted by atomic mass is 32.1. The van der Waals surface area contributed by atoms with E-state index in [1.165, 1.54) is 21.4 Å². The fourth-order valence-corrected chi connectivity index (χ4v) is 4.42. The summed E-state index contributed by atoms with van der Waals surface area (Å²) in [5, 5.41) is 2.35. The zero-order chi connectivity index (χ0) is 17.4. The molecule has 0 aliphatic heterocycles. The number of hydrogen-bond donors (Lipinski definition) is 0. The van der Waals surface area contributed by atoms with E-state index in [0.717, 1.165) is 0 Å². The van der Waals surface area contributed by atoms with Gasteiger partial charge in [-0.3, -0.25) is 0 Å². The molecule has 2 aromatic rings.